The number of anilines is 2. The standard InChI is InChI=1S/C15H11ClN2O/c16-10-1-6-14-13(9-10)15(7-8-17-14)18-11-2-4-12(19)5-3-11/h1-9,19H,(H,17,18). The highest BCUT2D eigenvalue weighted by atomic mass is 35.5. The van der Waals surface area contributed by atoms with Gasteiger partial charge in [0.1, 0.15) is 5.75 Å². The molecule has 19 heavy (non-hydrogen) atoms. The smallest absolute Gasteiger partial charge is 0.115 e. The summed E-state index contributed by atoms with van der Waals surface area (Å²) in [7, 11) is 0. The SMILES string of the molecule is Oc1ccc(Nc2ccnc3ccc(Cl)cc23)cc1. The number of nitrogens with zero attached hydrogens (tertiary/aromatic N) is 1. The molecule has 3 nitrogen and oxygen atoms in total. The minimum atomic E-state index is 0.244. The Morgan fingerprint density at radius 3 is 2.58 bits per heavy atom. The van der Waals surface area contributed by atoms with E-state index in [1.165, 1.54) is 0 Å². The third-order valence-corrected chi connectivity index (χ3v) is 3.09. The van der Waals surface area contributed by atoms with E-state index < -0.39 is 0 Å². The molecule has 0 aliphatic carbocycles. The van der Waals surface area contributed by atoms with Gasteiger partial charge in [0, 0.05) is 28.0 Å². The van der Waals surface area contributed by atoms with Gasteiger partial charge >= 0.3 is 0 Å². The molecule has 0 bridgehead atoms. The van der Waals surface area contributed by atoms with E-state index >= 15 is 0 Å². The largest absolute Gasteiger partial charge is 0.508 e. The maximum atomic E-state index is 9.28. The average molecular weight is 271 g/mol. The number of hydrogen-bond donors (Lipinski definition) is 2. The summed E-state index contributed by atoms with van der Waals surface area (Å²) in [4.78, 5) is 4.30. The van der Waals surface area contributed by atoms with E-state index in [0.29, 0.717) is 5.02 Å². The number of hydrogen-bond acceptors (Lipinski definition) is 3. The van der Waals surface area contributed by atoms with Crippen molar-refractivity contribution in [3.63, 3.8) is 0 Å². The van der Waals surface area contributed by atoms with Gasteiger partial charge in [-0.1, -0.05) is 11.6 Å². The number of phenols is 1. The van der Waals surface area contributed by atoms with E-state index in [4.69, 9.17) is 11.6 Å². The van der Waals surface area contributed by atoms with Crippen molar-refractivity contribution >= 4 is 33.9 Å². The van der Waals surface area contributed by atoms with E-state index in [1.807, 2.05) is 36.4 Å². The van der Waals surface area contributed by atoms with Crippen LogP contribution in [0.1, 0.15) is 0 Å². The van der Waals surface area contributed by atoms with Crippen molar-refractivity contribution in [1.29, 1.82) is 0 Å². The minimum Gasteiger partial charge on any atom is -0.508 e. The molecule has 94 valence electrons. The highest BCUT2D eigenvalue weighted by Crippen LogP contribution is 2.27. The number of pyridine rings is 1. The van der Waals surface area contributed by atoms with Crippen LogP contribution in [0.15, 0.2) is 54.7 Å². The fourth-order valence-electron chi connectivity index (χ4n) is 1.93. The molecular weight excluding hydrogens is 260 g/mol. The molecule has 2 aromatic carbocycles. The third-order valence-electron chi connectivity index (χ3n) is 2.85. The second-order valence-corrected chi connectivity index (χ2v) is 4.63. The summed E-state index contributed by atoms with van der Waals surface area (Å²) >= 11 is 6.03. The molecule has 3 aromatic rings. The lowest BCUT2D eigenvalue weighted by molar-refractivity contribution is 0.475. The number of benzene rings is 2. The van der Waals surface area contributed by atoms with Crippen molar-refractivity contribution in [3.05, 3.63) is 59.8 Å². The van der Waals surface area contributed by atoms with Crippen molar-refractivity contribution in [2.45, 2.75) is 0 Å². The number of halogens is 1. The van der Waals surface area contributed by atoms with Crippen LogP contribution < -0.4 is 5.32 Å². The van der Waals surface area contributed by atoms with Crippen LogP contribution in [0.5, 0.6) is 5.75 Å². The van der Waals surface area contributed by atoms with Gasteiger partial charge in [-0.25, -0.2) is 0 Å². The molecule has 1 aromatic heterocycles. The van der Waals surface area contributed by atoms with Gasteiger partial charge in [-0.05, 0) is 48.5 Å². The number of phenolic OH excluding ortho intramolecular Hbond substituents is 1. The van der Waals surface area contributed by atoms with Crippen LogP contribution in [0, 0.1) is 0 Å². The molecule has 4 heteroatoms. The van der Waals surface area contributed by atoms with Gasteiger partial charge in [0.05, 0.1) is 5.52 Å². The molecule has 0 spiro atoms. The first-order valence-electron chi connectivity index (χ1n) is 5.83. The number of aromatic nitrogens is 1. The lowest BCUT2D eigenvalue weighted by atomic mass is 10.2. The van der Waals surface area contributed by atoms with Crippen molar-refractivity contribution in [2.24, 2.45) is 0 Å². The Bertz CT molecular complexity index is 726. The second-order valence-electron chi connectivity index (χ2n) is 4.19. The van der Waals surface area contributed by atoms with Gasteiger partial charge in [-0.15, -0.1) is 0 Å². The summed E-state index contributed by atoms with van der Waals surface area (Å²) in [5.41, 5.74) is 2.71. The van der Waals surface area contributed by atoms with Crippen LogP contribution >= 0.6 is 11.6 Å². The van der Waals surface area contributed by atoms with Gasteiger partial charge in [0.2, 0.25) is 0 Å². The fraction of sp³-hybridized carbons (Fsp3) is 0. The van der Waals surface area contributed by atoms with Crippen molar-refractivity contribution in [2.75, 3.05) is 5.32 Å². The summed E-state index contributed by atoms with van der Waals surface area (Å²) in [6.45, 7) is 0. The number of aromatic hydroxyl groups is 1. The van der Waals surface area contributed by atoms with Crippen LogP contribution in [0.3, 0.4) is 0 Å². The lowest BCUT2D eigenvalue weighted by Crippen LogP contribution is -1.92. The molecule has 0 unspecified atom stereocenters. The summed E-state index contributed by atoms with van der Waals surface area (Å²) in [6.07, 6.45) is 1.75. The normalized spacial score (nSPS) is 10.6. The maximum absolute atomic E-state index is 9.28. The van der Waals surface area contributed by atoms with Gasteiger partial charge in [0.25, 0.3) is 0 Å². The van der Waals surface area contributed by atoms with Crippen LogP contribution in [-0.2, 0) is 0 Å². The Morgan fingerprint density at radius 1 is 1.00 bits per heavy atom. The maximum Gasteiger partial charge on any atom is 0.115 e. The van der Waals surface area contributed by atoms with Crippen molar-refractivity contribution in [3.8, 4) is 5.75 Å². The van der Waals surface area contributed by atoms with Gasteiger partial charge in [-0.3, -0.25) is 4.98 Å². The van der Waals surface area contributed by atoms with Crippen LogP contribution in [0.2, 0.25) is 5.02 Å². The molecule has 0 aliphatic heterocycles. The Balaban J connectivity index is 2.05. The first-order chi connectivity index (χ1) is 9.22. The highest BCUT2D eigenvalue weighted by Gasteiger charge is 2.03. The predicted molar refractivity (Wildman–Crippen MR) is 78.1 cm³/mol. The molecule has 0 saturated heterocycles. The van der Waals surface area contributed by atoms with E-state index in [0.717, 1.165) is 22.3 Å². The van der Waals surface area contributed by atoms with Crippen LogP contribution in [0.4, 0.5) is 11.4 Å². The highest BCUT2D eigenvalue weighted by molar-refractivity contribution is 6.31. The van der Waals surface area contributed by atoms with Crippen molar-refractivity contribution < 1.29 is 5.11 Å². The Kier molecular flexibility index (Phi) is 2.97. The lowest BCUT2D eigenvalue weighted by Gasteiger charge is -2.09. The molecule has 0 radical (unpaired) electrons. The minimum absolute atomic E-state index is 0.244. The van der Waals surface area contributed by atoms with E-state index in [-0.39, 0.29) is 5.75 Å². The first-order valence-corrected chi connectivity index (χ1v) is 6.20. The molecule has 0 saturated carbocycles. The zero-order chi connectivity index (χ0) is 13.2. The molecule has 0 atom stereocenters. The van der Waals surface area contributed by atoms with Crippen LogP contribution in [0.25, 0.3) is 10.9 Å². The molecule has 2 N–H and O–H groups in total. The van der Waals surface area contributed by atoms with Gasteiger partial charge < -0.3 is 10.4 Å². The monoisotopic (exact) mass is 270 g/mol. The topological polar surface area (TPSA) is 45.1 Å². The number of nitrogens with one attached hydrogen (secondary N) is 1. The Morgan fingerprint density at radius 2 is 1.79 bits per heavy atom. The van der Waals surface area contributed by atoms with Gasteiger partial charge in [-0.2, -0.15) is 0 Å². The summed E-state index contributed by atoms with van der Waals surface area (Å²) in [6, 6.07) is 14.4. The molecular formula is C15H11ClN2O. The first kappa shape index (κ1) is 11.8. The van der Waals surface area contributed by atoms with E-state index in [1.54, 1.807) is 18.3 Å². The molecule has 0 fully saturated rings. The van der Waals surface area contributed by atoms with E-state index in [9.17, 15) is 5.11 Å². The quantitative estimate of drug-likeness (QED) is 0.681. The summed E-state index contributed by atoms with van der Waals surface area (Å²) in [5.74, 6) is 0.244. The molecule has 3 rings (SSSR count). The predicted octanol–water partition coefficient (Wildman–Crippen LogP) is 4.34. The van der Waals surface area contributed by atoms with E-state index in [2.05, 4.69) is 10.3 Å². The number of rotatable bonds is 2. The second kappa shape index (κ2) is 4.78. The number of fused-ring (bicyclic) bond motifs is 1. The summed E-state index contributed by atoms with van der Waals surface area (Å²) in [5, 5.41) is 14.2. The molecule has 0 aliphatic rings. The molecule has 1 heterocycles. The molecule has 0 amide bonds. The third kappa shape index (κ3) is 2.46. The zero-order valence-corrected chi connectivity index (χ0v) is 10.7. The Labute approximate surface area is 115 Å². The summed E-state index contributed by atoms with van der Waals surface area (Å²) < 4.78 is 0. The zero-order valence-electron chi connectivity index (χ0n) is 9.97. The van der Waals surface area contributed by atoms with Gasteiger partial charge in [0.15, 0.2) is 0 Å². The van der Waals surface area contributed by atoms with Crippen LogP contribution in [-0.4, -0.2) is 10.1 Å². The van der Waals surface area contributed by atoms with Crippen molar-refractivity contribution in [1.82, 2.24) is 4.98 Å². The fourth-order valence-corrected chi connectivity index (χ4v) is 2.10. The Hall–Kier alpha value is -2.26. The average Bonchev–Trinajstić information content (AvgIpc) is 2.42.